The minimum Gasteiger partial charge on any atom is -0.369 e. The summed E-state index contributed by atoms with van der Waals surface area (Å²) < 4.78 is 39.3. The number of aldehydes is 1. The Morgan fingerprint density at radius 2 is 2.14 bits per heavy atom. The Hall–Kier alpha value is -2.05. The number of carbonyl (C=O) groups is 2. The molecule has 0 saturated carbocycles. The average Bonchev–Trinajstić information content (AvgIpc) is 2.84. The van der Waals surface area contributed by atoms with Gasteiger partial charge >= 0.3 is 6.18 Å². The number of rotatable bonds is 3. The van der Waals surface area contributed by atoms with Crippen molar-refractivity contribution in [1.29, 1.82) is 0 Å². The number of carbonyl (C=O) groups excluding carboxylic acids is 2. The third-order valence-corrected chi connectivity index (χ3v) is 3.40. The molecular weight excluding hydrogens is 285 g/mol. The van der Waals surface area contributed by atoms with E-state index in [1.807, 2.05) is 0 Å². The normalized spacial score (nSPS) is 18.7. The summed E-state index contributed by atoms with van der Waals surface area (Å²) in [6, 6.07) is 3.37. The number of nitrogens with zero attached hydrogens (tertiary/aromatic N) is 1. The maximum absolute atomic E-state index is 13.1. The first-order chi connectivity index (χ1) is 9.81. The molecule has 1 N–H and O–H groups in total. The van der Waals surface area contributed by atoms with Crippen molar-refractivity contribution in [2.75, 3.05) is 18.0 Å². The topological polar surface area (TPSA) is 49.4 Å². The van der Waals surface area contributed by atoms with Crippen LogP contribution in [0, 0.1) is 0 Å². The molecule has 0 aromatic heterocycles. The van der Waals surface area contributed by atoms with Gasteiger partial charge in [-0.2, -0.15) is 13.2 Å². The van der Waals surface area contributed by atoms with Crippen molar-refractivity contribution in [3.63, 3.8) is 0 Å². The highest BCUT2D eigenvalue weighted by Crippen LogP contribution is 2.38. The van der Waals surface area contributed by atoms with E-state index in [2.05, 4.69) is 5.32 Å². The van der Waals surface area contributed by atoms with E-state index in [-0.39, 0.29) is 23.2 Å². The number of hydrogen-bond donors (Lipinski definition) is 1. The molecule has 1 aliphatic heterocycles. The third-order valence-electron chi connectivity index (χ3n) is 3.40. The molecule has 7 heteroatoms. The molecule has 1 unspecified atom stereocenters. The van der Waals surface area contributed by atoms with Crippen molar-refractivity contribution < 1.29 is 22.8 Å². The second-order valence-corrected chi connectivity index (χ2v) is 5.02. The van der Waals surface area contributed by atoms with Crippen LogP contribution in [0.2, 0.25) is 0 Å². The molecule has 114 valence electrons. The van der Waals surface area contributed by atoms with Gasteiger partial charge in [-0.15, -0.1) is 0 Å². The molecule has 1 atom stereocenters. The number of alkyl halides is 3. The lowest BCUT2D eigenvalue weighted by molar-refractivity contribution is -0.137. The molecule has 21 heavy (non-hydrogen) atoms. The molecule has 1 amide bonds. The van der Waals surface area contributed by atoms with Crippen LogP contribution < -0.4 is 10.2 Å². The Morgan fingerprint density at radius 1 is 1.43 bits per heavy atom. The van der Waals surface area contributed by atoms with Gasteiger partial charge in [0.05, 0.1) is 5.56 Å². The maximum atomic E-state index is 13.1. The van der Waals surface area contributed by atoms with Gasteiger partial charge in [0, 0.05) is 37.3 Å². The highest BCUT2D eigenvalue weighted by atomic mass is 19.4. The van der Waals surface area contributed by atoms with E-state index in [0.717, 1.165) is 6.07 Å². The van der Waals surface area contributed by atoms with E-state index in [0.29, 0.717) is 25.8 Å². The minimum absolute atomic E-state index is 0.0105. The van der Waals surface area contributed by atoms with Crippen LogP contribution in [-0.4, -0.2) is 31.3 Å². The summed E-state index contributed by atoms with van der Waals surface area (Å²) in [6.45, 7) is 2.13. The number of halogens is 3. The SMILES string of the molecule is CC(=O)NC1CCN(c2ccc(C=O)cc2C(F)(F)F)C1. The Balaban J connectivity index is 2.28. The molecule has 1 heterocycles. The third kappa shape index (κ3) is 3.53. The predicted molar refractivity (Wildman–Crippen MR) is 71.3 cm³/mol. The Kier molecular flexibility index (Phi) is 4.20. The molecule has 2 rings (SSSR count). The van der Waals surface area contributed by atoms with Crippen LogP contribution >= 0.6 is 0 Å². The maximum Gasteiger partial charge on any atom is 0.418 e. The van der Waals surface area contributed by atoms with E-state index in [4.69, 9.17) is 0 Å². The molecule has 1 aromatic rings. The van der Waals surface area contributed by atoms with Crippen LogP contribution in [0.5, 0.6) is 0 Å². The van der Waals surface area contributed by atoms with Crippen LogP contribution in [0.3, 0.4) is 0 Å². The molecule has 0 bridgehead atoms. The standard InChI is InChI=1S/C14H15F3N2O2/c1-9(21)18-11-4-5-19(7-11)13-3-2-10(8-20)6-12(13)14(15,16)17/h2-3,6,8,11H,4-5,7H2,1H3,(H,18,21). The van der Waals surface area contributed by atoms with Crippen molar-refractivity contribution in [2.45, 2.75) is 25.6 Å². The van der Waals surface area contributed by atoms with E-state index >= 15 is 0 Å². The van der Waals surface area contributed by atoms with Crippen molar-refractivity contribution in [2.24, 2.45) is 0 Å². The fraction of sp³-hybridized carbons (Fsp3) is 0.429. The van der Waals surface area contributed by atoms with Gasteiger partial charge in [-0.3, -0.25) is 9.59 Å². The molecule has 1 saturated heterocycles. The predicted octanol–water partition coefficient (Wildman–Crippen LogP) is 2.23. The summed E-state index contributed by atoms with van der Waals surface area (Å²) in [5, 5.41) is 2.70. The zero-order valence-electron chi connectivity index (χ0n) is 11.4. The molecule has 4 nitrogen and oxygen atoms in total. The summed E-state index contributed by atoms with van der Waals surface area (Å²) in [4.78, 5) is 23.2. The van der Waals surface area contributed by atoms with Gasteiger partial charge in [0.1, 0.15) is 6.29 Å². The van der Waals surface area contributed by atoms with E-state index in [9.17, 15) is 22.8 Å². The minimum atomic E-state index is -4.53. The van der Waals surface area contributed by atoms with Gasteiger partial charge in [0.25, 0.3) is 0 Å². The largest absolute Gasteiger partial charge is 0.418 e. The van der Waals surface area contributed by atoms with Crippen molar-refractivity contribution in [3.05, 3.63) is 29.3 Å². The average molecular weight is 300 g/mol. The highest BCUT2D eigenvalue weighted by molar-refractivity contribution is 5.77. The zero-order chi connectivity index (χ0) is 15.6. The van der Waals surface area contributed by atoms with Gasteiger partial charge in [-0.05, 0) is 24.6 Å². The summed E-state index contributed by atoms with van der Waals surface area (Å²) in [5.41, 5.74) is -0.791. The number of amides is 1. The zero-order valence-corrected chi connectivity index (χ0v) is 11.4. The van der Waals surface area contributed by atoms with Crippen LogP contribution in [0.15, 0.2) is 18.2 Å². The van der Waals surface area contributed by atoms with Crippen molar-refractivity contribution in [1.82, 2.24) is 5.32 Å². The Morgan fingerprint density at radius 3 is 2.71 bits per heavy atom. The van der Waals surface area contributed by atoms with Crippen LogP contribution in [0.4, 0.5) is 18.9 Å². The lowest BCUT2D eigenvalue weighted by Gasteiger charge is -2.23. The van der Waals surface area contributed by atoms with Gasteiger partial charge in [0.15, 0.2) is 0 Å². The quantitative estimate of drug-likeness (QED) is 0.871. The summed E-state index contributed by atoms with van der Waals surface area (Å²) in [6.07, 6.45) is -3.55. The van der Waals surface area contributed by atoms with Crippen molar-refractivity contribution >= 4 is 17.9 Å². The van der Waals surface area contributed by atoms with E-state index in [1.54, 1.807) is 4.90 Å². The van der Waals surface area contributed by atoms with E-state index in [1.165, 1.54) is 19.1 Å². The Bertz CT molecular complexity index is 558. The fourth-order valence-electron chi connectivity index (χ4n) is 2.51. The lowest BCUT2D eigenvalue weighted by Crippen LogP contribution is -2.35. The Labute approximate surface area is 119 Å². The van der Waals surface area contributed by atoms with Crippen LogP contribution in [0.25, 0.3) is 0 Å². The van der Waals surface area contributed by atoms with Crippen LogP contribution in [-0.2, 0) is 11.0 Å². The van der Waals surface area contributed by atoms with Gasteiger partial charge < -0.3 is 10.2 Å². The first-order valence-electron chi connectivity index (χ1n) is 6.49. The molecule has 0 radical (unpaired) electrons. The summed E-state index contributed by atoms with van der Waals surface area (Å²) in [7, 11) is 0. The number of hydrogen-bond acceptors (Lipinski definition) is 3. The van der Waals surface area contributed by atoms with E-state index < -0.39 is 11.7 Å². The summed E-state index contributed by atoms with van der Waals surface area (Å²) in [5.74, 6) is -0.200. The fourth-order valence-corrected chi connectivity index (χ4v) is 2.51. The lowest BCUT2D eigenvalue weighted by atomic mass is 10.1. The first-order valence-corrected chi connectivity index (χ1v) is 6.49. The molecule has 1 aliphatic rings. The first kappa shape index (κ1) is 15.3. The second-order valence-electron chi connectivity index (χ2n) is 5.02. The number of anilines is 1. The van der Waals surface area contributed by atoms with Gasteiger partial charge in [-0.1, -0.05) is 0 Å². The molecular formula is C14H15F3N2O2. The van der Waals surface area contributed by atoms with Crippen LogP contribution in [0.1, 0.15) is 29.3 Å². The number of benzene rings is 1. The molecule has 0 spiro atoms. The van der Waals surface area contributed by atoms with Crippen molar-refractivity contribution in [3.8, 4) is 0 Å². The molecule has 1 fully saturated rings. The second kappa shape index (κ2) is 5.75. The summed E-state index contributed by atoms with van der Waals surface area (Å²) >= 11 is 0. The molecule has 1 aromatic carbocycles. The molecule has 0 aliphatic carbocycles. The van der Waals surface area contributed by atoms with Gasteiger partial charge in [-0.25, -0.2) is 0 Å². The number of nitrogens with one attached hydrogen (secondary N) is 1. The highest BCUT2D eigenvalue weighted by Gasteiger charge is 2.36. The smallest absolute Gasteiger partial charge is 0.369 e. The monoisotopic (exact) mass is 300 g/mol. The van der Waals surface area contributed by atoms with Gasteiger partial charge in [0.2, 0.25) is 5.91 Å².